The van der Waals surface area contributed by atoms with Crippen LogP contribution in [0.1, 0.15) is 15.9 Å². The van der Waals surface area contributed by atoms with Crippen LogP contribution in [-0.4, -0.2) is 11.0 Å². The summed E-state index contributed by atoms with van der Waals surface area (Å²) < 4.78 is 5.14. The summed E-state index contributed by atoms with van der Waals surface area (Å²) in [4.78, 5) is 15.5. The number of nitrogens with zero attached hydrogens (tertiary/aromatic N) is 1. The summed E-state index contributed by atoms with van der Waals surface area (Å²) in [5.41, 5.74) is 6.81. The van der Waals surface area contributed by atoms with Gasteiger partial charge in [0.2, 0.25) is 0 Å². The molecule has 2 aromatic rings. The molecule has 0 aliphatic heterocycles. The highest BCUT2D eigenvalue weighted by atomic mass is 16.5. The van der Waals surface area contributed by atoms with Crippen molar-refractivity contribution in [1.29, 1.82) is 0 Å². The van der Waals surface area contributed by atoms with Crippen LogP contribution < -0.4 is 5.73 Å². The second-order valence-corrected chi connectivity index (χ2v) is 3.50. The van der Waals surface area contributed by atoms with Crippen molar-refractivity contribution in [3.8, 4) is 0 Å². The van der Waals surface area contributed by atoms with Crippen molar-refractivity contribution in [3.63, 3.8) is 0 Å². The number of nitrogens with two attached hydrogens (primary N) is 1. The molecule has 0 unspecified atom stereocenters. The first-order chi connectivity index (χ1) is 8.27. The molecular weight excluding hydrogens is 216 g/mol. The van der Waals surface area contributed by atoms with Gasteiger partial charge in [-0.1, -0.05) is 30.3 Å². The number of hydrogen-bond acceptors (Lipinski definition) is 4. The standard InChI is InChI=1S/C13H12N2O2/c14-12-11(7-4-8-15-12)13(16)17-9-10-5-2-1-3-6-10/h1-8H,9H2,(H2,14,15). The van der Waals surface area contributed by atoms with E-state index in [-0.39, 0.29) is 12.4 Å². The lowest BCUT2D eigenvalue weighted by Gasteiger charge is -2.05. The van der Waals surface area contributed by atoms with Crippen molar-refractivity contribution < 1.29 is 9.53 Å². The van der Waals surface area contributed by atoms with Crippen molar-refractivity contribution >= 4 is 11.8 Å². The van der Waals surface area contributed by atoms with Gasteiger partial charge in [0.1, 0.15) is 18.0 Å². The van der Waals surface area contributed by atoms with E-state index in [0.29, 0.717) is 5.56 Å². The van der Waals surface area contributed by atoms with Gasteiger partial charge in [-0.2, -0.15) is 0 Å². The molecule has 4 nitrogen and oxygen atoms in total. The highest BCUT2D eigenvalue weighted by molar-refractivity contribution is 5.93. The van der Waals surface area contributed by atoms with E-state index in [1.54, 1.807) is 12.1 Å². The summed E-state index contributed by atoms with van der Waals surface area (Å²) in [5.74, 6) is -0.273. The number of hydrogen-bond donors (Lipinski definition) is 1. The molecule has 0 spiro atoms. The number of aromatic nitrogens is 1. The Kier molecular flexibility index (Phi) is 3.35. The van der Waals surface area contributed by atoms with Gasteiger partial charge in [0.05, 0.1) is 0 Å². The van der Waals surface area contributed by atoms with Crippen LogP contribution in [0.2, 0.25) is 0 Å². The quantitative estimate of drug-likeness (QED) is 0.816. The molecule has 1 aromatic heterocycles. The van der Waals surface area contributed by atoms with E-state index in [0.717, 1.165) is 5.56 Å². The molecule has 17 heavy (non-hydrogen) atoms. The first-order valence-corrected chi connectivity index (χ1v) is 5.19. The van der Waals surface area contributed by atoms with Gasteiger partial charge in [0, 0.05) is 6.20 Å². The first kappa shape index (κ1) is 11.1. The highest BCUT2D eigenvalue weighted by Gasteiger charge is 2.11. The van der Waals surface area contributed by atoms with Crippen molar-refractivity contribution in [2.24, 2.45) is 0 Å². The van der Waals surface area contributed by atoms with Gasteiger partial charge in [-0.15, -0.1) is 0 Å². The third-order valence-electron chi connectivity index (χ3n) is 2.27. The number of ether oxygens (including phenoxy) is 1. The summed E-state index contributed by atoms with van der Waals surface area (Å²) >= 11 is 0. The second-order valence-electron chi connectivity index (χ2n) is 3.50. The number of rotatable bonds is 3. The molecule has 0 saturated carbocycles. The van der Waals surface area contributed by atoms with E-state index in [1.807, 2.05) is 30.3 Å². The van der Waals surface area contributed by atoms with Gasteiger partial charge in [0.15, 0.2) is 0 Å². The number of carbonyl (C=O) groups excluding carboxylic acids is 1. The third-order valence-corrected chi connectivity index (χ3v) is 2.27. The van der Waals surface area contributed by atoms with E-state index in [2.05, 4.69) is 4.98 Å². The van der Waals surface area contributed by atoms with Crippen LogP contribution in [0.3, 0.4) is 0 Å². The molecule has 4 heteroatoms. The smallest absolute Gasteiger partial charge is 0.342 e. The third kappa shape index (κ3) is 2.81. The van der Waals surface area contributed by atoms with Crippen molar-refractivity contribution in [2.75, 3.05) is 5.73 Å². The maximum absolute atomic E-state index is 11.7. The van der Waals surface area contributed by atoms with Crippen LogP contribution in [0.25, 0.3) is 0 Å². The van der Waals surface area contributed by atoms with Crippen molar-refractivity contribution in [1.82, 2.24) is 4.98 Å². The Morgan fingerprint density at radius 3 is 2.65 bits per heavy atom. The fraction of sp³-hybridized carbons (Fsp3) is 0.0769. The van der Waals surface area contributed by atoms with Crippen LogP contribution in [0.4, 0.5) is 5.82 Å². The Morgan fingerprint density at radius 2 is 1.94 bits per heavy atom. The Balaban J connectivity index is 2.01. The van der Waals surface area contributed by atoms with Crippen LogP contribution >= 0.6 is 0 Å². The lowest BCUT2D eigenvalue weighted by molar-refractivity contribution is 0.0473. The number of benzene rings is 1. The first-order valence-electron chi connectivity index (χ1n) is 5.19. The number of nitrogen functional groups attached to an aromatic ring is 1. The van der Waals surface area contributed by atoms with E-state index in [9.17, 15) is 4.79 Å². The lowest BCUT2D eigenvalue weighted by atomic mass is 10.2. The average Bonchev–Trinajstić information content (AvgIpc) is 2.38. The van der Waals surface area contributed by atoms with E-state index in [4.69, 9.17) is 10.5 Å². The summed E-state index contributed by atoms with van der Waals surface area (Å²) in [7, 11) is 0. The normalized spacial score (nSPS) is 9.88. The van der Waals surface area contributed by atoms with Gasteiger partial charge < -0.3 is 10.5 Å². The SMILES string of the molecule is Nc1ncccc1C(=O)OCc1ccccc1. The zero-order chi connectivity index (χ0) is 12.1. The molecule has 0 atom stereocenters. The Hall–Kier alpha value is -2.36. The van der Waals surface area contributed by atoms with Crippen molar-refractivity contribution in [2.45, 2.75) is 6.61 Å². The van der Waals surface area contributed by atoms with Gasteiger partial charge in [0.25, 0.3) is 0 Å². The average molecular weight is 228 g/mol. The van der Waals surface area contributed by atoms with Gasteiger partial charge in [-0.05, 0) is 17.7 Å². The molecule has 0 fully saturated rings. The zero-order valence-electron chi connectivity index (χ0n) is 9.17. The zero-order valence-corrected chi connectivity index (χ0v) is 9.17. The fourth-order valence-electron chi connectivity index (χ4n) is 1.39. The number of anilines is 1. The molecule has 0 radical (unpaired) electrons. The molecule has 1 heterocycles. The van der Waals surface area contributed by atoms with E-state index in [1.165, 1.54) is 6.20 Å². The van der Waals surface area contributed by atoms with Crippen LogP contribution in [-0.2, 0) is 11.3 Å². The fourth-order valence-corrected chi connectivity index (χ4v) is 1.39. The largest absolute Gasteiger partial charge is 0.457 e. The van der Waals surface area contributed by atoms with E-state index >= 15 is 0 Å². The topological polar surface area (TPSA) is 65.2 Å². The summed E-state index contributed by atoms with van der Waals surface area (Å²) in [6, 6.07) is 12.7. The van der Waals surface area contributed by atoms with Crippen LogP contribution in [0.5, 0.6) is 0 Å². The summed E-state index contributed by atoms with van der Waals surface area (Å²) in [5, 5.41) is 0. The minimum absolute atomic E-state index is 0.186. The Bertz CT molecular complexity index is 512. The lowest BCUT2D eigenvalue weighted by Crippen LogP contribution is -2.09. The van der Waals surface area contributed by atoms with E-state index < -0.39 is 5.97 Å². The molecule has 86 valence electrons. The number of pyridine rings is 1. The molecule has 1 aromatic carbocycles. The number of carbonyl (C=O) groups is 1. The molecule has 0 saturated heterocycles. The molecule has 0 aliphatic carbocycles. The summed E-state index contributed by atoms with van der Waals surface area (Å²) in [6.07, 6.45) is 1.53. The van der Waals surface area contributed by atoms with Gasteiger partial charge >= 0.3 is 5.97 Å². The van der Waals surface area contributed by atoms with Gasteiger partial charge in [-0.3, -0.25) is 0 Å². The van der Waals surface area contributed by atoms with Gasteiger partial charge in [-0.25, -0.2) is 9.78 Å². The van der Waals surface area contributed by atoms with Crippen molar-refractivity contribution in [3.05, 3.63) is 59.8 Å². The molecule has 2 rings (SSSR count). The maximum atomic E-state index is 11.7. The Labute approximate surface area is 99.1 Å². The predicted octanol–water partition coefficient (Wildman–Crippen LogP) is 2.02. The number of esters is 1. The minimum Gasteiger partial charge on any atom is -0.457 e. The molecule has 0 bridgehead atoms. The van der Waals surface area contributed by atoms with Crippen LogP contribution in [0.15, 0.2) is 48.7 Å². The highest BCUT2D eigenvalue weighted by Crippen LogP contribution is 2.10. The monoisotopic (exact) mass is 228 g/mol. The molecule has 0 aliphatic rings. The predicted molar refractivity (Wildman–Crippen MR) is 64.2 cm³/mol. The maximum Gasteiger partial charge on any atom is 0.342 e. The minimum atomic E-state index is -0.459. The van der Waals surface area contributed by atoms with Crippen LogP contribution in [0, 0.1) is 0 Å². The molecule has 2 N–H and O–H groups in total. The molecular formula is C13H12N2O2. The Morgan fingerprint density at radius 1 is 1.18 bits per heavy atom. The second kappa shape index (κ2) is 5.12. The summed E-state index contributed by atoms with van der Waals surface area (Å²) in [6.45, 7) is 0.230. The molecule has 0 amide bonds.